The van der Waals surface area contributed by atoms with Crippen molar-refractivity contribution in [1.82, 2.24) is 19.8 Å². The number of nitrogens with one attached hydrogen (secondary N) is 1. The van der Waals surface area contributed by atoms with Crippen LogP contribution in [0.3, 0.4) is 0 Å². The first-order valence-corrected chi connectivity index (χ1v) is 8.78. The van der Waals surface area contributed by atoms with E-state index in [0.717, 1.165) is 43.0 Å². The zero-order valence-electron chi connectivity index (χ0n) is 14.0. The SMILES string of the molecule is Cc1ccc(CN(CCN(C)C)Cc2nc3ccccc3[nH]2)s1. The van der Waals surface area contributed by atoms with Crippen LogP contribution >= 0.6 is 11.3 Å². The van der Waals surface area contributed by atoms with Crippen LogP contribution in [0.4, 0.5) is 0 Å². The van der Waals surface area contributed by atoms with Crippen molar-refractivity contribution < 1.29 is 0 Å². The monoisotopic (exact) mass is 328 g/mol. The van der Waals surface area contributed by atoms with Crippen LogP contribution in [-0.4, -0.2) is 47.0 Å². The molecule has 0 amide bonds. The van der Waals surface area contributed by atoms with Crippen molar-refractivity contribution in [3.63, 3.8) is 0 Å². The number of nitrogens with zero attached hydrogens (tertiary/aromatic N) is 3. The summed E-state index contributed by atoms with van der Waals surface area (Å²) >= 11 is 1.88. The minimum Gasteiger partial charge on any atom is -0.341 e. The van der Waals surface area contributed by atoms with E-state index in [1.807, 2.05) is 23.5 Å². The number of hydrogen-bond donors (Lipinski definition) is 1. The van der Waals surface area contributed by atoms with Crippen molar-refractivity contribution in [1.29, 1.82) is 0 Å². The molecule has 0 radical (unpaired) electrons. The number of aryl methyl sites for hydroxylation is 1. The van der Waals surface area contributed by atoms with Crippen LogP contribution in [0, 0.1) is 6.92 Å². The fourth-order valence-corrected chi connectivity index (χ4v) is 3.57. The van der Waals surface area contributed by atoms with Gasteiger partial charge in [-0.2, -0.15) is 0 Å². The average Bonchev–Trinajstić information content (AvgIpc) is 3.10. The second kappa shape index (κ2) is 7.25. The van der Waals surface area contributed by atoms with Crippen molar-refractivity contribution in [3.05, 3.63) is 52.0 Å². The normalized spacial score (nSPS) is 11.9. The lowest BCUT2D eigenvalue weighted by Gasteiger charge is -2.22. The first-order chi connectivity index (χ1) is 11.1. The summed E-state index contributed by atoms with van der Waals surface area (Å²) in [4.78, 5) is 15.6. The topological polar surface area (TPSA) is 35.2 Å². The molecule has 2 heterocycles. The molecule has 0 spiro atoms. The molecule has 1 N–H and O–H groups in total. The van der Waals surface area contributed by atoms with E-state index in [1.165, 1.54) is 9.75 Å². The summed E-state index contributed by atoms with van der Waals surface area (Å²) < 4.78 is 0. The fourth-order valence-electron chi connectivity index (χ4n) is 2.64. The number of likely N-dealkylation sites (N-methyl/N-ethyl adjacent to an activating group) is 1. The number of fused-ring (bicyclic) bond motifs is 1. The van der Waals surface area contributed by atoms with Crippen molar-refractivity contribution in [3.8, 4) is 0 Å². The molecule has 23 heavy (non-hydrogen) atoms. The van der Waals surface area contributed by atoms with Gasteiger partial charge in [0, 0.05) is 29.4 Å². The summed E-state index contributed by atoms with van der Waals surface area (Å²) in [5.41, 5.74) is 2.16. The summed E-state index contributed by atoms with van der Waals surface area (Å²) in [6, 6.07) is 12.7. The third-order valence-corrected chi connectivity index (χ3v) is 4.84. The van der Waals surface area contributed by atoms with Crippen molar-refractivity contribution in [2.45, 2.75) is 20.0 Å². The Kier molecular flexibility index (Phi) is 5.10. The van der Waals surface area contributed by atoms with Gasteiger partial charge in [0.25, 0.3) is 0 Å². The molecule has 0 saturated carbocycles. The Bertz CT molecular complexity index is 726. The predicted molar refractivity (Wildman–Crippen MR) is 97.8 cm³/mol. The Hall–Kier alpha value is -1.69. The first-order valence-electron chi connectivity index (χ1n) is 7.96. The summed E-state index contributed by atoms with van der Waals surface area (Å²) in [7, 11) is 4.24. The third-order valence-electron chi connectivity index (χ3n) is 3.85. The highest BCUT2D eigenvalue weighted by Gasteiger charge is 2.11. The zero-order chi connectivity index (χ0) is 16.2. The summed E-state index contributed by atoms with van der Waals surface area (Å²) in [6.45, 7) is 6.06. The molecule has 0 fully saturated rings. The van der Waals surface area contributed by atoms with E-state index in [0.29, 0.717) is 0 Å². The Morgan fingerprint density at radius 2 is 1.87 bits per heavy atom. The molecular formula is C18H24N4S. The second-order valence-electron chi connectivity index (χ2n) is 6.23. The van der Waals surface area contributed by atoms with Crippen molar-refractivity contribution >= 4 is 22.4 Å². The van der Waals surface area contributed by atoms with Gasteiger partial charge in [0.1, 0.15) is 5.82 Å². The Morgan fingerprint density at radius 1 is 1.04 bits per heavy atom. The van der Waals surface area contributed by atoms with Gasteiger partial charge in [-0.1, -0.05) is 12.1 Å². The van der Waals surface area contributed by atoms with Gasteiger partial charge in [0.15, 0.2) is 0 Å². The number of hydrogen-bond acceptors (Lipinski definition) is 4. The molecule has 1 aromatic carbocycles. The van der Waals surface area contributed by atoms with Gasteiger partial charge in [0.05, 0.1) is 17.6 Å². The highest BCUT2D eigenvalue weighted by Crippen LogP contribution is 2.19. The summed E-state index contributed by atoms with van der Waals surface area (Å²) in [6.07, 6.45) is 0. The van der Waals surface area contributed by atoms with Gasteiger partial charge in [-0.3, -0.25) is 4.90 Å². The van der Waals surface area contributed by atoms with Gasteiger partial charge < -0.3 is 9.88 Å². The van der Waals surface area contributed by atoms with Gasteiger partial charge in [-0.25, -0.2) is 4.98 Å². The van der Waals surface area contributed by atoms with Crippen LogP contribution in [0.1, 0.15) is 15.6 Å². The lowest BCUT2D eigenvalue weighted by atomic mass is 10.3. The molecule has 0 bridgehead atoms. The predicted octanol–water partition coefficient (Wildman–Crippen LogP) is 3.50. The van der Waals surface area contributed by atoms with Crippen LogP contribution in [0.2, 0.25) is 0 Å². The van der Waals surface area contributed by atoms with Crippen molar-refractivity contribution in [2.24, 2.45) is 0 Å². The molecule has 0 unspecified atom stereocenters. The minimum atomic E-state index is 0.847. The number of rotatable bonds is 7. The number of para-hydroxylation sites is 2. The smallest absolute Gasteiger partial charge is 0.121 e. The second-order valence-corrected chi connectivity index (χ2v) is 7.60. The van der Waals surface area contributed by atoms with E-state index in [2.05, 4.69) is 60.1 Å². The van der Waals surface area contributed by atoms with Gasteiger partial charge in [-0.05, 0) is 45.3 Å². The molecule has 5 heteroatoms. The fraction of sp³-hybridized carbons (Fsp3) is 0.389. The molecule has 122 valence electrons. The molecule has 0 aliphatic rings. The van der Waals surface area contributed by atoms with Crippen LogP contribution in [0.15, 0.2) is 36.4 Å². The molecular weight excluding hydrogens is 304 g/mol. The van der Waals surface area contributed by atoms with Crippen LogP contribution in [-0.2, 0) is 13.1 Å². The van der Waals surface area contributed by atoms with Crippen molar-refractivity contribution in [2.75, 3.05) is 27.2 Å². The minimum absolute atomic E-state index is 0.847. The molecule has 0 aliphatic heterocycles. The lowest BCUT2D eigenvalue weighted by molar-refractivity contribution is 0.224. The van der Waals surface area contributed by atoms with Gasteiger partial charge in [0.2, 0.25) is 0 Å². The quantitative estimate of drug-likeness (QED) is 0.721. The Labute approximate surface area is 141 Å². The zero-order valence-corrected chi connectivity index (χ0v) is 14.9. The Balaban J connectivity index is 1.73. The maximum absolute atomic E-state index is 4.72. The maximum atomic E-state index is 4.72. The van der Waals surface area contributed by atoms with E-state index < -0.39 is 0 Å². The highest BCUT2D eigenvalue weighted by molar-refractivity contribution is 7.11. The van der Waals surface area contributed by atoms with Gasteiger partial charge >= 0.3 is 0 Å². The van der Waals surface area contributed by atoms with Crippen LogP contribution in [0.5, 0.6) is 0 Å². The number of benzene rings is 1. The lowest BCUT2D eigenvalue weighted by Crippen LogP contribution is -2.31. The Morgan fingerprint density at radius 3 is 2.57 bits per heavy atom. The number of aromatic amines is 1. The number of imidazole rings is 1. The average molecular weight is 328 g/mol. The maximum Gasteiger partial charge on any atom is 0.121 e. The third kappa shape index (κ3) is 4.41. The molecule has 0 aliphatic carbocycles. The van der Waals surface area contributed by atoms with E-state index in [-0.39, 0.29) is 0 Å². The standard InChI is InChI=1S/C18H24N4S/c1-14-8-9-15(23-14)12-22(11-10-21(2)3)13-18-19-16-6-4-5-7-17(16)20-18/h4-9H,10-13H2,1-3H3,(H,19,20). The first kappa shape index (κ1) is 16.2. The number of H-pyrrole nitrogens is 1. The highest BCUT2D eigenvalue weighted by atomic mass is 32.1. The van der Waals surface area contributed by atoms with Gasteiger partial charge in [-0.15, -0.1) is 11.3 Å². The molecule has 3 rings (SSSR count). The number of aromatic nitrogens is 2. The molecule has 0 atom stereocenters. The summed E-state index contributed by atoms with van der Waals surface area (Å²) in [5, 5.41) is 0. The summed E-state index contributed by atoms with van der Waals surface area (Å²) in [5.74, 6) is 1.04. The number of thiophene rings is 1. The van der Waals surface area contributed by atoms with E-state index >= 15 is 0 Å². The molecule has 4 nitrogen and oxygen atoms in total. The van der Waals surface area contributed by atoms with Crippen LogP contribution < -0.4 is 0 Å². The van der Waals surface area contributed by atoms with Crippen LogP contribution in [0.25, 0.3) is 11.0 Å². The van der Waals surface area contributed by atoms with E-state index in [9.17, 15) is 0 Å². The molecule has 0 saturated heterocycles. The van der Waals surface area contributed by atoms with E-state index in [4.69, 9.17) is 4.98 Å². The molecule has 2 aromatic heterocycles. The molecule has 3 aromatic rings. The van der Waals surface area contributed by atoms with E-state index in [1.54, 1.807) is 0 Å². The largest absolute Gasteiger partial charge is 0.341 e.